The Morgan fingerprint density at radius 1 is 0.947 bits per heavy atom. The third-order valence-corrected chi connectivity index (χ3v) is 5.10. The van der Waals surface area contributed by atoms with Gasteiger partial charge in [0.2, 0.25) is 0 Å². The fourth-order valence-corrected chi connectivity index (χ4v) is 3.83. The topological polar surface area (TPSA) is 0 Å². The molecule has 0 N–H and O–H groups in total. The number of alkyl halides is 1. The van der Waals surface area contributed by atoms with E-state index in [4.69, 9.17) is 11.6 Å². The standard InChI is InChI=1S/C17H15ClS/c1-11-7-9-13-5-3-4-6-14(13)16(11)17(18)15-10-8-12(2)19-15/h3-10,17H,1-2H3. The minimum Gasteiger partial charge on any atom is -0.144 e. The number of benzene rings is 2. The van der Waals surface area contributed by atoms with Gasteiger partial charge >= 0.3 is 0 Å². The zero-order valence-electron chi connectivity index (χ0n) is 11.0. The SMILES string of the molecule is Cc1ccc(C(Cl)c2c(C)ccc3ccccc23)s1. The van der Waals surface area contributed by atoms with Crippen LogP contribution in [0.15, 0.2) is 48.5 Å². The molecule has 19 heavy (non-hydrogen) atoms. The van der Waals surface area contributed by atoms with Crippen LogP contribution in [-0.4, -0.2) is 0 Å². The van der Waals surface area contributed by atoms with Gasteiger partial charge in [0.05, 0.1) is 5.38 Å². The number of hydrogen-bond donors (Lipinski definition) is 0. The van der Waals surface area contributed by atoms with E-state index in [1.54, 1.807) is 11.3 Å². The van der Waals surface area contributed by atoms with Crippen LogP contribution >= 0.6 is 22.9 Å². The molecule has 0 aliphatic heterocycles. The van der Waals surface area contributed by atoms with Gasteiger partial charge in [-0.05, 0) is 47.9 Å². The average molecular weight is 287 g/mol. The highest BCUT2D eigenvalue weighted by Gasteiger charge is 2.17. The van der Waals surface area contributed by atoms with Crippen LogP contribution in [0.2, 0.25) is 0 Å². The minimum atomic E-state index is -0.0650. The predicted octanol–water partition coefficient (Wildman–Crippen LogP) is 5.85. The second-order valence-corrected chi connectivity index (χ2v) is 6.58. The van der Waals surface area contributed by atoms with Crippen molar-refractivity contribution in [1.29, 1.82) is 0 Å². The largest absolute Gasteiger partial charge is 0.144 e. The molecular weight excluding hydrogens is 272 g/mol. The third-order valence-electron chi connectivity index (χ3n) is 3.45. The summed E-state index contributed by atoms with van der Waals surface area (Å²) in [5.41, 5.74) is 2.49. The van der Waals surface area contributed by atoms with Gasteiger partial charge in [-0.3, -0.25) is 0 Å². The van der Waals surface area contributed by atoms with E-state index < -0.39 is 0 Å². The number of fused-ring (bicyclic) bond motifs is 1. The summed E-state index contributed by atoms with van der Waals surface area (Å²) in [4.78, 5) is 2.53. The number of rotatable bonds is 2. The Morgan fingerprint density at radius 2 is 1.74 bits per heavy atom. The second kappa shape index (κ2) is 4.99. The summed E-state index contributed by atoms with van der Waals surface area (Å²) in [7, 11) is 0. The number of thiophene rings is 1. The van der Waals surface area contributed by atoms with Crippen LogP contribution in [0.25, 0.3) is 10.8 Å². The van der Waals surface area contributed by atoms with E-state index in [-0.39, 0.29) is 5.38 Å². The Balaban J connectivity index is 2.21. The number of hydrogen-bond acceptors (Lipinski definition) is 1. The normalized spacial score (nSPS) is 12.8. The predicted molar refractivity (Wildman–Crippen MR) is 85.4 cm³/mol. The van der Waals surface area contributed by atoms with Crippen LogP contribution in [0.5, 0.6) is 0 Å². The van der Waals surface area contributed by atoms with Gasteiger partial charge in [-0.15, -0.1) is 22.9 Å². The summed E-state index contributed by atoms with van der Waals surface area (Å²) in [6, 6.07) is 17.0. The van der Waals surface area contributed by atoms with Gasteiger partial charge in [-0.2, -0.15) is 0 Å². The minimum absolute atomic E-state index is 0.0650. The highest BCUT2D eigenvalue weighted by molar-refractivity contribution is 7.12. The van der Waals surface area contributed by atoms with E-state index in [9.17, 15) is 0 Å². The van der Waals surface area contributed by atoms with Crippen molar-refractivity contribution < 1.29 is 0 Å². The Bertz CT molecular complexity index is 727. The molecule has 96 valence electrons. The van der Waals surface area contributed by atoms with E-state index in [0.717, 1.165) is 0 Å². The van der Waals surface area contributed by atoms with E-state index in [1.165, 1.54) is 31.7 Å². The molecule has 0 fully saturated rings. The highest BCUT2D eigenvalue weighted by atomic mass is 35.5. The summed E-state index contributed by atoms with van der Waals surface area (Å²) >= 11 is 8.52. The second-order valence-electron chi connectivity index (χ2n) is 4.83. The van der Waals surface area contributed by atoms with E-state index >= 15 is 0 Å². The zero-order valence-corrected chi connectivity index (χ0v) is 12.6. The maximum atomic E-state index is 6.74. The molecule has 2 heteroatoms. The lowest BCUT2D eigenvalue weighted by molar-refractivity contribution is 1.17. The summed E-state index contributed by atoms with van der Waals surface area (Å²) in [6.07, 6.45) is 0. The van der Waals surface area contributed by atoms with Crippen molar-refractivity contribution in [3.63, 3.8) is 0 Å². The van der Waals surface area contributed by atoms with Gasteiger partial charge < -0.3 is 0 Å². The zero-order chi connectivity index (χ0) is 13.4. The number of halogens is 1. The molecule has 0 nitrogen and oxygen atoms in total. The van der Waals surface area contributed by atoms with Crippen molar-refractivity contribution in [3.05, 3.63) is 69.4 Å². The average Bonchev–Trinajstić information content (AvgIpc) is 2.85. The monoisotopic (exact) mass is 286 g/mol. The molecule has 0 aliphatic rings. The van der Waals surface area contributed by atoms with E-state index in [0.29, 0.717) is 0 Å². The first-order valence-corrected chi connectivity index (χ1v) is 7.61. The third kappa shape index (κ3) is 2.29. The Hall–Kier alpha value is -1.31. The van der Waals surface area contributed by atoms with Crippen molar-refractivity contribution in [1.82, 2.24) is 0 Å². The van der Waals surface area contributed by atoms with Gasteiger partial charge in [0.25, 0.3) is 0 Å². The molecule has 1 atom stereocenters. The van der Waals surface area contributed by atoms with Gasteiger partial charge in [-0.1, -0.05) is 36.4 Å². The lowest BCUT2D eigenvalue weighted by atomic mass is 9.96. The van der Waals surface area contributed by atoms with Gasteiger partial charge in [0.15, 0.2) is 0 Å². The molecule has 0 spiro atoms. The van der Waals surface area contributed by atoms with Crippen LogP contribution in [0.4, 0.5) is 0 Å². The van der Waals surface area contributed by atoms with Crippen LogP contribution < -0.4 is 0 Å². The van der Waals surface area contributed by atoms with Crippen molar-refractivity contribution in [2.75, 3.05) is 0 Å². The first-order chi connectivity index (χ1) is 9.16. The highest BCUT2D eigenvalue weighted by Crippen LogP contribution is 2.38. The van der Waals surface area contributed by atoms with Gasteiger partial charge in [0.1, 0.15) is 0 Å². The number of aryl methyl sites for hydroxylation is 2. The Kier molecular flexibility index (Phi) is 3.34. The molecule has 3 rings (SSSR count). The Labute approximate surface area is 122 Å². The van der Waals surface area contributed by atoms with Crippen LogP contribution in [0.3, 0.4) is 0 Å². The van der Waals surface area contributed by atoms with E-state index in [2.05, 4.69) is 62.4 Å². The first-order valence-electron chi connectivity index (χ1n) is 6.35. The molecule has 0 amide bonds. The van der Waals surface area contributed by atoms with E-state index in [1.807, 2.05) is 0 Å². The fourth-order valence-electron chi connectivity index (χ4n) is 2.47. The Morgan fingerprint density at radius 3 is 2.47 bits per heavy atom. The van der Waals surface area contributed by atoms with Crippen LogP contribution in [0, 0.1) is 13.8 Å². The molecule has 0 saturated heterocycles. The molecule has 1 heterocycles. The molecule has 2 aromatic carbocycles. The molecule has 1 aromatic heterocycles. The van der Waals surface area contributed by atoms with Crippen molar-refractivity contribution in [2.24, 2.45) is 0 Å². The van der Waals surface area contributed by atoms with Crippen LogP contribution in [-0.2, 0) is 0 Å². The van der Waals surface area contributed by atoms with Crippen molar-refractivity contribution in [2.45, 2.75) is 19.2 Å². The fraction of sp³-hybridized carbons (Fsp3) is 0.176. The molecule has 3 aromatic rings. The van der Waals surface area contributed by atoms with Crippen LogP contribution in [0.1, 0.15) is 26.3 Å². The molecule has 1 unspecified atom stereocenters. The van der Waals surface area contributed by atoms with Gasteiger partial charge in [-0.25, -0.2) is 0 Å². The summed E-state index contributed by atoms with van der Waals surface area (Å²) < 4.78 is 0. The first kappa shape index (κ1) is 12.7. The molecular formula is C17H15ClS. The molecule has 0 aliphatic carbocycles. The quantitative estimate of drug-likeness (QED) is 0.519. The maximum Gasteiger partial charge on any atom is 0.0936 e. The summed E-state index contributed by atoms with van der Waals surface area (Å²) in [6.45, 7) is 4.26. The molecule has 0 radical (unpaired) electrons. The lowest BCUT2D eigenvalue weighted by Gasteiger charge is -2.15. The maximum absolute atomic E-state index is 6.74. The molecule has 0 bridgehead atoms. The van der Waals surface area contributed by atoms with Crippen molar-refractivity contribution >= 4 is 33.7 Å². The smallest absolute Gasteiger partial charge is 0.0936 e. The molecule has 0 saturated carbocycles. The van der Waals surface area contributed by atoms with Gasteiger partial charge in [0, 0.05) is 9.75 Å². The lowest BCUT2D eigenvalue weighted by Crippen LogP contribution is -1.95. The van der Waals surface area contributed by atoms with Crippen molar-refractivity contribution in [3.8, 4) is 0 Å². The summed E-state index contributed by atoms with van der Waals surface area (Å²) in [5, 5.41) is 2.44. The summed E-state index contributed by atoms with van der Waals surface area (Å²) in [5.74, 6) is 0.